The van der Waals surface area contributed by atoms with Crippen LogP contribution in [0.1, 0.15) is 36.3 Å². The van der Waals surface area contributed by atoms with Gasteiger partial charge in [-0.1, -0.05) is 23.7 Å². The topological polar surface area (TPSA) is 70.7 Å². The van der Waals surface area contributed by atoms with Gasteiger partial charge in [-0.25, -0.2) is 0 Å². The Bertz CT molecular complexity index is 901. The van der Waals surface area contributed by atoms with E-state index in [1.54, 1.807) is 12.4 Å². The first-order valence-corrected chi connectivity index (χ1v) is 9.11. The standard InChI is InChI=1S/C20H19ClN4O/c21-16-6-1-13(2-7-16)3-8-17(26)23-20-18(14-4-5-14)19(24-25-20)15-9-11-22-12-10-15/h1-2,6-7,9-12,14H,3-5,8H2,(H2,23,24,25,26). The number of hydrogen-bond donors (Lipinski definition) is 2. The first-order valence-electron chi connectivity index (χ1n) is 8.73. The summed E-state index contributed by atoms with van der Waals surface area (Å²) >= 11 is 5.89. The second kappa shape index (κ2) is 7.30. The van der Waals surface area contributed by atoms with Crippen LogP contribution in [-0.4, -0.2) is 21.1 Å². The molecular formula is C20H19ClN4O. The van der Waals surface area contributed by atoms with Crippen molar-refractivity contribution < 1.29 is 4.79 Å². The average Bonchev–Trinajstić information content (AvgIpc) is 3.42. The Morgan fingerprint density at radius 2 is 1.88 bits per heavy atom. The summed E-state index contributed by atoms with van der Waals surface area (Å²) in [6.45, 7) is 0. The summed E-state index contributed by atoms with van der Waals surface area (Å²) in [7, 11) is 0. The number of aromatic amines is 1. The molecule has 2 N–H and O–H groups in total. The quantitative estimate of drug-likeness (QED) is 0.671. The van der Waals surface area contributed by atoms with E-state index in [1.807, 2.05) is 36.4 Å². The molecular weight excluding hydrogens is 348 g/mol. The number of nitrogens with one attached hydrogen (secondary N) is 2. The van der Waals surface area contributed by atoms with Crippen LogP contribution in [0.25, 0.3) is 11.3 Å². The molecule has 1 amide bonds. The smallest absolute Gasteiger partial charge is 0.225 e. The van der Waals surface area contributed by atoms with Gasteiger partial charge in [0.2, 0.25) is 5.91 Å². The van der Waals surface area contributed by atoms with Crippen LogP contribution in [0.15, 0.2) is 48.8 Å². The number of pyridine rings is 1. The molecule has 1 aliphatic carbocycles. The average molecular weight is 367 g/mol. The largest absolute Gasteiger partial charge is 0.309 e. The summed E-state index contributed by atoms with van der Waals surface area (Å²) in [5.41, 5.74) is 4.21. The predicted molar refractivity (Wildman–Crippen MR) is 102 cm³/mol. The zero-order valence-corrected chi connectivity index (χ0v) is 15.0. The summed E-state index contributed by atoms with van der Waals surface area (Å²) < 4.78 is 0. The molecule has 0 aliphatic heterocycles. The van der Waals surface area contributed by atoms with Crippen LogP contribution in [0.4, 0.5) is 5.82 Å². The van der Waals surface area contributed by atoms with Crippen LogP contribution in [0.3, 0.4) is 0 Å². The van der Waals surface area contributed by atoms with Crippen molar-refractivity contribution in [1.82, 2.24) is 15.2 Å². The number of H-pyrrole nitrogens is 1. The molecule has 0 atom stereocenters. The van der Waals surface area contributed by atoms with Crippen molar-refractivity contribution in [3.05, 3.63) is 64.9 Å². The lowest BCUT2D eigenvalue weighted by Gasteiger charge is -2.07. The monoisotopic (exact) mass is 366 g/mol. The lowest BCUT2D eigenvalue weighted by Crippen LogP contribution is -2.13. The number of amides is 1. The van der Waals surface area contributed by atoms with Crippen LogP contribution < -0.4 is 5.32 Å². The molecule has 1 saturated carbocycles. The van der Waals surface area contributed by atoms with Gasteiger partial charge in [0.25, 0.3) is 0 Å². The highest BCUT2D eigenvalue weighted by Crippen LogP contribution is 2.47. The number of benzene rings is 1. The number of aromatic nitrogens is 3. The van der Waals surface area contributed by atoms with E-state index in [2.05, 4.69) is 20.5 Å². The van der Waals surface area contributed by atoms with Crippen LogP contribution in [0.5, 0.6) is 0 Å². The zero-order valence-electron chi connectivity index (χ0n) is 14.2. The Hall–Kier alpha value is -2.66. The Morgan fingerprint density at radius 3 is 2.58 bits per heavy atom. The van der Waals surface area contributed by atoms with E-state index < -0.39 is 0 Å². The van der Waals surface area contributed by atoms with Crippen LogP contribution in [0, 0.1) is 0 Å². The summed E-state index contributed by atoms with van der Waals surface area (Å²) in [5, 5.41) is 11.1. The Kier molecular flexibility index (Phi) is 4.71. The van der Waals surface area contributed by atoms with Gasteiger partial charge < -0.3 is 5.32 Å². The molecule has 0 saturated heterocycles. The summed E-state index contributed by atoms with van der Waals surface area (Å²) in [5.74, 6) is 1.08. The second-order valence-corrected chi connectivity index (χ2v) is 6.98. The van der Waals surface area contributed by atoms with E-state index in [9.17, 15) is 4.79 Å². The molecule has 0 spiro atoms. The van der Waals surface area contributed by atoms with Crippen molar-refractivity contribution in [2.24, 2.45) is 0 Å². The van der Waals surface area contributed by atoms with E-state index in [1.165, 1.54) is 0 Å². The normalized spacial score (nSPS) is 13.6. The van der Waals surface area contributed by atoms with E-state index in [-0.39, 0.29) is 5.91 Å². The van der Waals surface area contributed by atoms with E-state index in [4.69, 9.17) is 11.6 Å². The van der Waals surface area contributed by atoms with Crippen molar-refractivity contribution in [2.45, 2.75) is 31.6 Å². The third kappa shape index (κ3) is 3.78. The molecule has 2 heterocycles. The highest BCUT2D eigenvalue weighted by molar-refractivity contribution is 6.30. The minimum atomic E-state index is -0.0328. The molecule has 4 rings (SSSR count). The van der Waals surface area contributed by atoms with Gasteiger partial charge in [0.05, 0.1) is 5.69 Å². The molecule has 26 heavy (non-hydrogen) atoms. The number of anilines is 1. The van der Waals surface area contributed by atoms with Gasteiger partial charge in [-0.15, -0.1) is 0 Å². The zero-order chi connectivity index (χ0) is 17.9. The van der Waals surface area contributed by atoms with Gasteiger partial charge in [-0.2, -0.15) is 5.10 Å². The maximum absolute atomic E-state index is 12.4. The van der Waals surface area contributed by atoms with Gasteiger partial charge in [0.15, 0.2) is 5.82 Å². The molecule has 5 nitrogen and oxygen atoms in total. The predicted octanol–water partition coefficient (Wildman–Crippen LogP) is 4.57. The number of carbonyl (C=O) groups is 1. The molecule has 1 aromatic carbocycles. The lowest BCUT2D eigenvalue weighted by molar-refractivity contribution is -0.116. The maximum atomic E-state index is 12.4. The van der Waals surface area contributed by atoms with Crippen molar-refractivity contribution in [1.29, 1.82) is 0 Å². The minimum Gasteiger partial charge on any atom is -0.309 e. The fourth-order valence-corrected chi connectivity index (χ4v) is 3.18. The van der Waals surface area contributed by atoms with Crippen molar-refractivity contribution >= 4 is 23.3 Å². The van der Waals surface area contributed by atoms with Crippen LogP contribution in [0.2, 0.25) is 5.02 Å². The van der Waals surface area contributed by atoms with Crippen LogP contribution in [-0.2, 0) is 11.2 Å². The Balaban J connectivity index is 1.47. The molecule has 1 aliphatic rings. The number of aryl methyl sites for hydroxylation is 1. The molecule has 0 radical (unpaired) electrons. The third-order valence-electron chi connectivity index (χ3n) is 4.57. The second-order valence-electron chi connectivity index (χ2n) is 6.55. The molecule has 1 fully saturated rings. The Labute approximate surface area is 156 Å². The number of halogens is 1. The fourth-order valence-electron chi connectivity index (χ4n) is 3.06. The maximum Gasteiger partial charge on any atom is 0.225 e. The Morgan fingerprint density at radius 1 is 1.15 bits per heavy atom. The number of rotatable bonds is 6. The molecule has 3 aromatic rings. The van der Waals surface area contributed by atoms with Crippen LogP contribution >= 0.6 is 11.6 Å². The van der Waals surface area contributed by atoms with E-state index in [0.717, 1.165) is 35.2 Å². The van der Waals surface area contributed by atoms with Gasteiger partial charge >= 0.3 is 0 Å². The van der Waals surface area contributed by atoms with Gasteiger partial charge in [0, 0.05) is 35.0 Å². The first-order chi connectivity index (χ1) is 12.7. The highest BCUT2D eigenvalue weighted by atomic mass is 35.5. The number of nitrogens with zero attached hydrogens (tertiary/aromatic N) is 2. The molecule has 6 heteroatoms. The fraction of sp³-hybridized carbons (Fsp3) is 0.250. The van der Waals surface area contributed by atoms with Crippen molar-refractivity contribution in [3.63, 3.8) is 0 Å². The third-order valence-corrected chi connectivity index (χ3v) is 4.82. The van der Waals surface area contributed by atoms with Crippen molar-refractivity contribution in [2.75, 3.05) is 5.32 Å². The van der Waals surface area contributed by atoms with Crippen molar-refractivity contribution in [3.8, 4) is 11.3 Å². The minimum absolute atomic E-state index is 0.0328. The van der Waals surface area contributed by atoms with Gasteiger partial charge in [-0.05, 0) is 55.0 Å². The number of hydrogen-bond acceptors (Lipinski definition) is 3. The lowest BCUT2D eigenvalue weighted by atomic mass is 10.0. The molecule has 0 bridgehead atoms. The number of carbonyl (C=O) groups excluding carboxylic acids is 1. The molecule has 0 unspecified atom stereocenters. The summed E-state index contributed by atoms with van der Waals surface area (Å²) in [6.07, 6.45) is 6.86. The SMILES string of the molecule is O=C(CCc1ccc(Cl)cc1)Nc1n[nH]c(-c2ccncc2)c1C1CC1. The van der Waals surface area contributed by atoms with E-state index >= 15 is 0 Å². The summed E-state index contributed by atoms with van der Waals surface area (Å²) in [6, 6.07) is 11.5. The first kappa shape index (κ1) is 16.8. The van der Waals surface area contributed by atoms with Gasteiger partial charge in [-0.3, -0.25) is 14.9 Å². The van der Waals surface area contributed by atoms with E-state index in [0.29, 0.717) is 29.6 Å². The summed E-state index contributed by atoms with van der Waals surface area (Å²) in [4.78, 5) is 16.5. The van der Waals surface area contributed by atoms with Gasteiger partial charge in [0.1, 0.15) is 0 Å². The highest BCUT2D eigenvalue weighted by Gasteiger charge is 2.32. The molecule has 132 valence electrons. The molecule has 2 aromatic heterocycles.